The summed E-state index contributed by atoms with van der Waals surface area (Å²) < 4.78 is 7.17. The number of aliphatic hydroxyl groups excluding tert-OH is 2. The van der Waals surface area contributed by atoms with Gasteiger partial charge in [0.25, 0.3) is 5.91 Å². The fourth-order valence-electron chi connectivity index (χ4n) is 4.03. The van der Waals surface area contributed by atoms with Gasteiger partial charge in [-0.2, -0.15) is 0 Å². The second kappa shape index (κ2) is 9.47. The number of aromatic nitrogens is 4. The molecule has 2 heterocycles. The van der Waals surface area contributed by atoms with Gasteiger partial charge in [-0.1, -0.05) is 0 Å². The topological polar surface area (TPSA) is 160 Å². The van der Waals surface area contributed by atoms with Crippen molar-refractivity contribution < 1.29 is 19.7 Å². The van der Waals surface area contributed by atoms with E-state index in [4.69, 9.17) is 10.5 Å². The summed E-state index contributed by atoms with van der Waals surface area (Å²) >= 11 is 0. The maximum Gasteiger partial charge on any atom is 0.251 e. The predicted molar refractivity (Wildman–Crippen MR) is 117 cm³/mol. The first kappa shape index (κ1) is 21.9. The average molecular weight is 441 g/mol. The van der Waals surface area contributed by atoms with E-state index >= 15 is 0 Å². The zero-order valence-electron chi connectivity index (χ0n) is 17.7. The molecule has 0 aliphatic heterocycles. The standard InChI is InChI=1S/C21H27N7O4/c1-23-19-16-20(25-10-24-19)28(11-26-16)15-7-6-14(17(29)18(15)30)27-21(31)12-2-4-13(5-3-12)32-9-8-22/h2-5,10-11,14-15,17-18,29-30H,6-9,22H2,1H3,(H,27,31)(H,23,24,25)/t14-,15-,17-,18-/m1/s1. The lowest BCUT2D eigenvalue weighted by Crippen LogP contribution is -2.54. The Kier molecular flexibility index (Phi) is 6.49. The number of anilines is 1. The van der Waals surface area contributed by atoms with Gasteiger partial charge in [0.15, 0.2) is 11.5 Å². The molecule has 0 radical (unpaired) electrons. The van der Waals surface area contributed by atoms with Crippen LogP contribution in [0, 0.1) is 0 Å². The van der Waals surface area contributed by atoms with Crippen LogP contribution < -0.4 is 21.1 Å². The molecule has 11 heteroatoms. The Balaban J connectivity index is 1.44. The van der Waals surface area contributed by atoms with E-state index in [0.717, 1.165) is 0 Å². The van der Waals surface area contributed by atoms with Gasteiger partial charge >= 0.3 is 0 Å². The number of ether oxygens (including phenoxy) is 1. The van der Waals surface area contributed by atoms with E-state index in [2.05, 4.69) is 25.6 Å². The molecular formula is C21H27N7O4. The van der Waals surface area contributed by atoms with E-state index in [1.807, 2.05) is 0 Å². The van der Waals surface area contributed by atoms with Gasteiger partial charge in [0, 0.05) is 19.2 Å². The fourth-order valence-corrected chi connectivity index (χ4v) is 4.03. The third-order valence-corrected chi connectivity index (χ3v) is 5.70. The summed E-state index contributed by atoms with van der Waals surface area (Å²) in [5.74, 6) is 0.884. The van der Waals surface area contributed by atoms with Gasteiger partial charge in [0.05, 0.1) is 18.4 Å². The number of aliphatic hydroxyl groups is 2. The molecule has 6 N–H and O–H groups in total. The van der Waals surface area contributed by atoms with Gasteiger partial charge in [-0.3, -0.25) is 4.79 Å². The number of hydrogen-bond acceptors (Lipinski definition) is 9. The highest BCUT2D eigenvalue weighted by atomic mass is 16.5. The van der Waals surface area contributed by atoms with E-state index in [1.54, 1.807) is 42.2 Å². The smallest absolute Gasteiger partial charge is 0.251 e. The van der Waals surface area contributed by atoms with Gasteiger partial charge in [-0.05, 0) is 37.1 Å². The van der Waals surface area contributed by atoms with Gasteiger partial charge in [-0.15, -0.1) is 0 Å². The van der Waals surface area contributed by atoms with E-state index in [1.165, 1.54) is 6.33 Å². The van der Waals surface area contributed by atoms with Crippen LogP contribution in [0.15, 0.2) is 36.9 Å². The number of carbonyl (C=O) groups is 1. The molecule has 32 heavy (non-hydrogen) atoms. The molecule has 2 aromatic heterocycles. The molecule has 11 nitrogen and oxygen atoms in total. The lowest BCUT2D eigenvalue weighted by molar-refractivity contribution is -0.0552. The minimum absolute atomic E-state index is 0.329. The number of rotatable bonds is 7. The van der Waals surface area contributed by atoms with Crippen molar-refractivity contribution in [3.8, 4) is 5.75 Å². The number of carbonyl (C=O) groups excluding carboxylic acids is 1. The highest BCUT2D eigenvalue weighted by Crippen LogP contribution is 2.32. The van der Waals surface area contributed by atoms with Crippen LogP contribution in [-0.2, 0) is 0 Å². The van der Waals surface area contributed by atoms with E-state index < -0.39 is 24.3 Å². The van der Waals surface area contributed by atoms with Crippen LogP contribution in [0.5, 0.6) is 5.75 Å². The van der Waals surface area contributed by atoms with Crippen molar-refractivity contribution in [1.29, 1.82) is 0 Å². The maximum absolute atomic E-state index is 12.6. The second-order valence-corrected chi connectivity index (χ2v) is 7.66. The number of nitrogens with two attached hydrogens (primary N) is 1. The molecule has 170 valence electrons. The van der Waals surface area contributed by atoms with Crippen LogP contribution in [-0.4, -0.2) is 74.1 Å². The molecule has 1 aliphatic carbocycles. The van der Waals surface area contributed by atoms with Crippen molar-refractivity contribution in [2.45, 2.75) is 37.1 Å². The Hall–Kier alpha value is -3.28. The van der Waals surface area contributed by atoms with Crippen molar-refractivity contribution in [2.24, 2.45) is 5.73 Å². The van der Waals surface area contributed by atoms with Crippen LogP contribution in [0.4, 0.5) is 5.82 Å². The molecule has 4 rings (SSSR count). The Bertz CT molecular complexity index is 1070. The molecule has 1 amide bonds. The molecule has 0 bridgehead atoms. The minimum atomic E-state index is -1.15. The fraction of sp³-hybridized carbons (Fsp3) is 0.429. The van der Waals surface area contributed by atoms with Crippen molar-refractivity contribution >= 4 is 22.9 Å². The summed E-state index contributed by atoms with van der Waals surface area (Å²) in [6.45, 7) is 0.803. The Morgan fingerprint density at radius 1 is 1.19 bits per heavy atom. The number of amides is 1. The number of benzene rings is 1. The summed E-state index contributed by atoms with van der Waals surface area (Å²) in [6, 6.07) is 5.66. The summed E-state index contributed by atoms with van der Waals surface area (Å²) in [5, 5.41) is 27.4. The molecule has 1 saturated carbocycles. The van der Waals surface area contributed by atoms with E-state index in [0.29, 0.717) is 54.3 Å². The molecule has 1 aromatic carbocycles. The third kappa shape index (κ3) is 4.22. The summed E-state index contributed by atoms with van der Waals surface area (Å²) in [5.41, 5.74) is 7.01. The second-order valence-electron chi connectivity index (χ2n) is 7.66. The van der Waals surface area contributed by atoms with E-state index in [9.17, 15) is 15.0 Å². The Morgan fingerprint density at radius 2 is 1.97 bits per heavy atom. The quantitative estimate of drug-likeness (QED) is 0.341. The first-order valence-electron chi connectivity index (χ1n) is 10.5. The van der Waals surface area contributed by atoms with Gasteiger partial charge in [-0.25, -0.2) is 15.0 Å². The molecule has 4 atom stereocenters. The van der Waals surface area contributed by atoms with Crippen LogP contribution in [0.2, 0.25) is 0 Å². The zero-order chi connectivity index (χ0) is 22.7. The Labute approximate surface area is 184 Å². The minimum Gasteiger partial charge on any atom is -0.492 e. The zero-order valence-corrected chi connectivity index (χ0v) is 17.7. The first-order chi connectivity index (χ1) is 15.5. The van der Waals surface area contributed by atoms with Gasteiger partial charge < -0.3 is 35.9 Å². The normalized spacial score (nSPS) is 23.1. The lowest BCUT2D eigenvalue weighted by Gasteiger charge is -2.38. The van der Waals surface area contributed by atoms with Crippen LogP contribution in [0.3, 0.4) is 0 Å². The van der Waals surface area contributed by atoms with Crippen molar-refractivity contribution in [3.05, 3.63) is 42.5 Å². The number of hydrogen-bond donors (Lipinski definition) is 5. The predicted octanol–water partition coefficient (Wildman–Crippen LogP) is 0.0608. The number of imidazole rings is 1. The largest absolute Gasteiger partial charge is 0.492 e. The highest BCUT2D eigenvalue weighted by Gasteiger charge is 2.39. The van der Waals surface area contributed by atoms with Crippen molar-refractivity contribution in [3.63, 3.8) is 0 Å². The molecule has 3 aromatic rings. The summed E-state index contributed by atoms with van der Waals surface area (Å²) in [7, 11) is 1.74. The molecule has 0 unspecified atom stereocenters. The molecular weight excluding hydrogens is 414 g/mol. The highest BCUT2D eigenvalue weighted by molar-refractivity contribution is 5.94. The Morgan fingerprint density at radius 3 is 2.69 bits per heavy atom. The SMILES string of the molecule is CNc1ncnc2c1ncn2[C@@H]1CC[C@@H](NC(=O)c2ccc(OCCN)cc2)[C@@H](O)[C@@H]1O. The van der Waals surface area contributed by atoms with Crippen molar-refractivity contribution in [1.82, 2.24) is 24.8 Å². The summed E-state index contributed by atoms with van der Waals surface area (Å²) in [6.07, 6.45) is 1.77. The first-order valence-corrected chi connectivity index (χ1v) is 10.5. The van der Waals surface area contributed by atoms with Crippen LogP contribution in [0.25, 0.3) is 11.2 Å². The molecule has 1 aliphatic rings. The van der Waals surface area contributed by atoms with Crippen molar-refractivity contribution in [2.75, 3.05) is 25.5 Å². The average Bonchev–Trinajstić information content (AvgIpc) is 3.25. The monoisotopic (exact) mass is 441 g/mol. The number of nitrogens with zero attached hydrogens (tertiary/aromatic N) is 4. The van der Waals surface area contributed by atoms with Crippen LogP contribution in [0.1, 0.15) is 29.2 Å². The third-order valence-electron chi connectivity index (χ3n) is 5.70. The molecule has 1 fully saturated rings. The molecule has 0 saturated heterocycles. The number of fused-ring (bicyclic) bond motifs is 1. The van der Waals surface area contributed by atoms with Crippen LogP contribution >= 0.6 is 0 Å². The maximum atomic E-state index is 12.6. The summed E-state index contributed by atoms with van der Waals surface area (Å²) in [4.78, 5) is 25.4. The van der Waals surface area contributed by atoms with Gasteiger partial charge in [0.1, 0.15) is 36.4 Å². The lowest BCUT2D eigenvalue weighted by atomic mass is 9.85. The van der Waals surface area contributed by atoms with Gasteiger partial charge in [0.2, 0.25) is 0 Å². The molecule has 0 spiro atoms. The van der Waals surface area contributed by atoms with E-state index in [-0.39, 0.29) is 5.91 Å². The number of nitrogens with one attached hydrogen (secondary N) is 2.